The van der Waals surface area contributed by atoms with Crippen LogP contribution in [-0.2, 0) is 4.74 Å². The SMILES string of the molecule is COC[C@H]1C[C@@H](n2cnc3c(N[C@H]4CCN(c5cc(OC)ncn5)C4)ncnc32)[C@H](O)[C@@H]1O. The molecule has 12 nitrogen and oxygen atoms in total. The Kier molecular flexibility index (Phi) is 5.96. The molecule has 3 aromatic rings. The Hall–Kier alpha value is -3.09. The highest BCUT2D eigenvalue weighted by atomic mass is 16.5. The average Bonchev–Trinajstić information content (AvgIpc) is 3.54. The van der Waals surface area contributed by atoms with Gasteiger partial charge in [-0.2, -0.15) is 0 Å². The van der Waals surface area contributed by atoms with E-state index in [1.54, 1.807) is 20.5 Å². The highest BCUT2D eigenvalue weighted by Crippen LogP contribution is 2.37. The van der Waals surface area contributed by atoms with Gasteiger partial charge >= 0.3 is 0 Å². The summed E-state index contributed by atoms with van der Waals surface area (Å²) in [5, 5.41) is 24.5. The molecule has 3 N–H and O–H groups in total. The van der Waals surface area contributed by atoms with E-state index in [0.29, 0.717) is 35.9 Å². The lowest BCUT2D eigenvalue weighted by Gasteiger charge is -2.19. The first-order valence-electron chi connectivity index (χ1n) is 11.0. The number of aliphatic hydroxyl groups excluding tert-OH is 2. The van der Waals surface area contributed by atoms with E-state index in [-0.39, 0.29) is 18.0 Å². The number of hydrogen-bond acceptors (Lipinski definition) is 11. The van der Waals surface area contributed by atoms with Gasteiger partial charge in [0.25, 0.3) is 0 Å². The zero-order valence-corrected chi connectivity index (χ0v) is 18.6. The molecule has 1 saturated heterocycles. The average molecular weight is 457 g/mol. The minimum absolute atomic E-state index is 0.142. The third-order valence-electron chi connectivity index (χ3n) is 6.56. The van der Waals surface area contributed by atoms with Crippen molar-refractivity contribution in [2.24, 2.45) is 5.92 Å². The molecule has 0 spiro atoms. The molecule has 12 heteroatoms. The van der Waals surface area contributed by atoms with Gasteiger partial charge in [0.05, 0.1) is 32.2 Å². The number of nitrogens with zero attached hydrogens (tertiary/aromatic N) is 7. The summed E-state index contributed by atoms with van der Waals surface area (Å²) in [7, 11) is 3.18. The Balaban J connectivity index is 1.33. The largest absolute Gasteiger partial charge is 0.481 e. The lowest BCUT2D eigenvalue weighted by Crippen LogP contribution is -2.30. The molecule has 176 valence electrons. The zero-order valence-electron chi connectivity index (χ0n) is 18.6. The van der Waals surface area contributed by atoms with E-state index in [2.05, 4.69) is 35.1 Å². The van der Waals surface area contributed by atoms with Crippen LogP contribution in [0.5, 0.6) is 5.88 Å². The summed E-state index contributed by atoms with van der Waals surface area (Å²) >= 11 is 0. The van der Waals surface area contributed by atoms with E-state index < -0.39 is 12.2 Å². The van der Waals surface area contributed by atoms with Crippen LogP contribution >= 0.6 is 0 Å². The van der Waals surface area contributed by atoms with Crippen molar-refractivity contribution in [3.05, 3.63) is 25.0 Å². The highest BCUT2D eigenvalue weighted by Gasteiger charge is 2.43. The molecule has 0 amide bonds. The molecule has 33 heavy (non-hydrogen) atoms. The third-order valence-corrected chi connectivity index (χ3v) is 6.56. The molecule has 1 aliphatic carbocycles. The van der Waals surface area contributed by atoms with Crippen molar-refractivity contribution >= 4 is 22.8 Å². The topological polar surface area (TPSA) is 144 Å². The Bertz CT molecular complexity index is 1110. The first-order valence-corrected chi connectivity index (χ1v) is 11.0. The minimum atomic E-state index is -0.915. The molecule has 0 bridgehead atoms. The Morgan fingerprint density at radius 2 is 1.94 bits per heavy atom. The maximum atomic E-state index is 10.6. The first kappa shape index (κ1) is 21.7. The second kappa shape index (κ2) is 9.04. The summed E-state index contributed by atoms with van der Waals surface area (Å²) in [6.07, 6.45) is 4.38. The Morgan fingerprint density at radius 3 is 2.76 bits per heavy atom. The van der Waals surface area contributed by atoms with Crippen molar-refractivity contribution in [2.45, 2.75) is 37.1 Å². The molecule has 5 rings (SSSR count). The van der Waals surface area contributed by atoms with Crippen molar-refractivity contribution in [1.82, 2.24) is 29.5 Å². The van der Waals surface area contributed by atoms with Gasteiger partial charge in [0.1, 0.15) is 30.1 Å². The lowest BCUT2D eigenvalue weighted by molar-refractivity contribution is -0.00886. The molecule has 4 heterocycles. The molecule has 0 aromatic carbocycles. The van der Waals surface area contributed by atoms with Gasteiger partial charge in [-0.3, -0.25) is 0 Å². The predicted molar refractivity (Wildman–Crippen MR) is 119 cm³/mol. The zero-order chi connectivity index (χ0) is 22.9. The van der Waals surface area contributed by atoms with Gasteiger partial charge in [-0.05, 0) is 12.8 Å². The summed E-state index contributed by atoms with van der Waals surface area (Å²) in [4.78, 5) is 24.0. The minimum Gasteiger partial charge on any atom is -0.481 e. The molecule has 5 atom stereocenters. The standard InChI is InChI=1S/C21H28N8O4/c1-32-8-12-5-14(19(31)18(12)30)29-11-26-17-20(24-10-25-21(17)29)27-13-3-4-28(7-13)15-6-16(33-2)23-9-22-15/h6,9-14,18-19,30-31H,3-5,7-8H2,1-2H3,(H,24,25,27)/t12-,13+,14-,18-,19+/m1/s1. The van der Waals surface area contributed by atoms with Crippen molar-refractivity contribution < 1.29 is 19.7 Å². The number of rotatable bonds is 7. The van der Waals surface area contributed by atoms with E-state index in [1.165, 1.54) is 12.7 Å². The van der Waals surface area contributed by atoms with E-state index in [0.717, 1.165) is 25.3 Å². The third kappa shape index (κ3) is 4.05. The fourth-order valence-corrected chi connectivity index (χ4v) is 4.85. The summed E-state index contributed by atoms with van der Waals surface area (Å²) in [6, 6.07) is 1.65. The van der Waals surface area contributed by atoms with Gasteiger partial charge in [0.2, 0.25) is 5.88 Å². The highest BCUT2D eigenvalue weighted by molar-refractivity contribution is 5.83. The number of anilines is 2. The van der Waals surface area contributed by atoms with Crippen molar-refractivity contribution in [1.29, 1.82) is 0 Å². The van der Waals surface area contributed by atoms with Crippen LogP contribution in [0.1, 0.15) is 18.9 Å². The van der Waals surface area contributed by atoms with E-state index in [1.807, 2.05) is 10.6 Å². The predicted octanol–water partition coefficient (Wildman–Crippen LogP) is 0.245. The maximum Gasteiger partial charge on any atom is 0.218 e. The number of methoxy groups -OCH3 is 2. The van der Waals surface area contributed by atoms with Gasteiger partial charge < -0.3 is 34.5 Å². The van der Waals surface area contributed by atoms with Crippen LogP contribution in [0.3, 0.4) is 0 Å². The molecular formula is C21H28N8O4. The van der Waals surface area contributed by atoms with E-state index in [9.17, 15) is 10.2 Å². The Morgan fingerprint density at radius 1 is 1.09 bits per heavy atom. The monoisotopic (exact) mass is 456 g/mol. The number of fused-ring (bicyclic) bond motifs is 1. The second-order valence-electron chi connectivity index (χ2n) is 8.54. The summed E-state index contributed by atoms with van der Waals surface area (Å²) in [5.41, 5.74) is 1.26. The molecular weight excluding hydrogens is 428 g/mol. The normalized spacial score (nSPS) is 27.4. The quantitative estimate of drug-likeness (QED) is 0.450. The molecule has 1 saturated carbocycles. The molecule has 1 aliphatic heterocycles. The number of imidazole rings is 1. The lowest BCUT2D eigenvalue weighted by atomic mass is 10.1. The van der Waals surface area contributed by atoms with Crippen LogP contribution in [0.2, 0.25) is 0 Å². The van der Waals surface area contributed by atoms with E-state index >= 15 is 0 Å². The molecule has 2 fully saturated rings. The van der Waals surface area contributed by atoms with Crippen molar-refractivity contribution in [3.8, 4) is 5.88 Å². The van der Waals surface area contributed by atoms with Crippen molar-refractivity contribution in [3.63, 3.8) is 0 Å². The van der Waals surface area contributed by atoms with Gasteiger partial charge in [-0.15, -0.1) is 0 Å². The van der Waals surface area contributed by atoms with Gasteiger partial charge in [0, 0.05) is 38.2 Å². The fraction of sp³-hybridized carbons (Fsp3) is 0.571. The van der Waals surface area contributed by atoms with Gasteiger partial charge in [-0.25, -0.2) is 24.9 Å². The molecule has 3 aromatic heterocycles. The van der Waals surface area contributed by atoms with Crippen LogP contribution in [0, 0.1) is 5.92 Å². The van der Waals surface area contributed by atoms with Crippen LogP contribution < -0.4 is 15.0 Å². The van der Waals surface area contributed by atoms with Crippen LogP contribution in [0.15, 0.2) is 25.0 Å². The van der Waals surface area contributed by atoms with Crippen LogP contribution in [0.4, 0.5) is 11.6 Å². The first-order chi connectivity index (χ1) is 16.1. The molecule has 0 unspecified atom stereocenters. The second-order valence-corrected chi connectivity index (χ2v) is 8.54. The van der Waals surface area contributed by atoms with Crippen LogP contribution in [-0.4, -0.2) is 91.9 Å². The van der Waals surface area contributed by atoms with Crippen LogP contribution in [0.25, 0.3) is 11.2 Å². The number of hydrogen-bond donors (Lipinski definition) is 3. The van der Waals surface area contributed by atoms with Gasteiger partial charge in [0.15, 0.2) is 11.5 Å². The smallest absolute Gasteiger partial charge is 0.218 e. The van der Waals surface area contributed by atoms with Crippen molar-refractivity contribution in [2.75, 3.05) is 44.1 Å². The number of nitrogens with one attached hydrogen (secondary N) is 1. The Labute approximate surface area is 190 Å². The summed E-state index contributed by atoms with van der Waals surface area (Å²) in [6.45, 7) is 1.98. The van der Waals surface area contributed by atoms with E-state index in [4.69, 9.17) is 9.47 Å². The maximum absolute atomic E-state index is 10.6. The number of aromatic nitrogens is 6. The van der Waals surface area contributed by atoms with Gasteiger partial charge in [-0.1, -0.05) is 0 Å². The summed E-state index contributed by atoms with van der Waals surface area (Å²) in [5.74, 6) is 1.86. The molecule has 2 aliphatic rings. The fourth-order valence-electron chi connectivity index (χ4n) is 4.85. The number of aliphatic hydroxyl groups is 2. The number of ether oxygens (including phenoxy) is 2. The summed E-state index contributed by atoms with van der Waals surface area (Å²) < 4.78 is 12.2. The molecule has 0 radical (unpaired) electrons.